The molecule has 1 amide bonds. The normalized spacial score (nSPS) is 12.6. The Morgan fingerprint density at radius 3 is 2.48 bits per heavy atom. The van der Waals surface area contributed by atoms with Gasteiger partial charge in [0.1, 0.15) is 6.04 Å². The number of carboxylic acids is 1. The number of nitro groups is 1. The zero-order valence-corrected chi connectivity index (χ0v) is 14.7. The predicted molar refractivity (Wildman–Crippen MR) is 87.5 cm³/mol. The molecule has 0 radical (unpaired) electrons. The van der Waals surface area contributed by atoms with Crippen molar-refractivity contribution in [2.75, 3.05) is 13.1 Å². The van der Waals surface area contributed by atoms with E-state index < -0.39 is 43.4 Å². The second-order valence-corrected chi connectivity index (χ2v) is 7.12. The maximum Gasteiger partial charge on any atom is 0.321 e. The summed E-state index contributed by atoms with van der Waals surface area (Å²) in [7, 11) is -4.49. The van der Waals surface area contributed by atoms with Crippen molar-refractivity contribution in [3.63, 3.8) is 0 Å². The van der Waals surface area contributed by atoms with Crippen LogP contribution in [0.1, 0.15) is 19.4 Å². The van der Waals surface area contributed by atoms with Crippen LogP contribution in [0.3, 0.4) is 0 Å². The molecule has 1 atom stereocenters. The molecular weight excluding hydrogens is 354 g/mol. The Morgan fingerprint density at radius 2 is 2.00 bits per heavy atom. The van der Waals surface area contributed by atoms with Gasteiger partial charge in [0, 0.05) is 26.1 Å². The van der Waals surface area contributed by atoms with Gasteiger partial charge in [0.2, 0.25) is 5.91 Å². The monoisotopic (exact) mass is 373 g/mol. The van der Waals surface area contributed by atoms with E-state index in [2.05, 4.69) is 5.32 Å². The number of rotatable bonds is 8. The summed E-state index contributed by atoms with van der Waals surface area (Å²) in [5.74, 6) is -1.83. The maximum absolute atomic E-state index is 12.9. The van der Waals surface area contributed by atoms with Gasteiger partial charge >= 0.3 is 5.97 Å². The first kappa shape index (κ1) is 20.5. The van der Waals surface area contributed by atoms with Crippen LogP contribution < -0.4 is 5.32 Å². The number of nitrogens with one attached hydrogen (secondary N) is 1. The van der Waals surface area contributed by atoms with Crippen molar-refractivity contribution in [2.45, 2.75) is 31.7 Å². The summed E-state index contributed by atoms with van der Waals surface area (Å²) in [6, 6.07) is 2.29. The van der Waals surface area contributed by atoms with Crippen LogP contribution in [0.4, 0.5) is 5.69 Å². The molecule has 0 aromatic heterocycles. The molecule has 1 unspecified atom stereocenters. The summed E-state index contributed by atoms with van der Waals surface area (Å²) in [6.45, 7) is 3.29. The Morgan fingerprint density at radius 1 is 1.40 bits per heavy atom. The Kier molecular flexibility index (Phi) is 6.59. The first-order chi connectivity index (χ1) is 11.5. The minimum absolute atomic E-state index is 0.122. The number of amides is 1. The van der Waals surface area contributed by atoms with Gasteiger partial charge in [-0.3, -0.25) is 19.7 Å². The Bertz CT molecular complexity index is 792. The first-order valence-electron chi connectivity index (χ1n) is 7.23. The van der Waals surface area contributed by atoms with Crippen LogP contribution in [0.5, 0.6) is 0 Å². The summed E-state index contributed by atoms with van der Waals surface area (Å²) in [5.41, 5.74) is -0.515. The van der Waals surface area contributed by atoms with E-state index in [-0.39, 0.29) is 18.7 Å². The second-order valence-electron chi connectivity index (χ2n) is 5.29. The molecule has 25 heavy (non-hydrogen) atoms. The molecule has 10 nitrogen and oxygen atoms in total. The predicted octanol–water partition coefficient (Wildman–Crippen LogP) is 0.503. The lowest BCUT2D eigenvalue weighted by molar-refractivity contribution is -0.387. The minimum atomic E-state index is -4.49. The highest BCUT2D eigenvalue weighted by Gasteiger charge is 2.38. The molecule has 0 fully saturated rings. The van der Waals surface area contributed by atoms with Crippen molar-refractivity contribution in [1.29, 1.82) is 0 Å². The van der Waals surface area contributed by atoms with Gasteiger partial charge in [0.25, 0.3) is 15.7 Å². The molecule has 0 heterocycles. The fourth-order valence-corrected chi connectivity index (χ4v) is 4.18. The minimum Gasteiger partial charge on any atom is -0.480 e. The number of nitrogens with zero attached hydrogens (tertiary/aromatic N) is 2. The van der Waals surface area contributed by atoms with Crippen LogP contribution in [0.25, 0.3) is 0 Å². The standard InChI is InChI=1S/C14H19N3O7S/c1-9-5-4-6-12(17(21)22)13(9)25(23,24)16(10(2)14(19)20)8-7-15-11(3)18/h4-6,10H,7-8H2,1-3H3,(H,15,18)(H,19,20). The number of carboxylic acid groups (broad SMARTS) is 1. The van der Waals surface area contributed by atoms with Gasteiger partial charge in [-0.25, -0.2) is 8.42 Å². The molecule has 0 aliphatic rings. The number of aliphatic carboxylic acids is 1. The quantitative estimate of drug-likeness (QED) is 0.498. The van der Waals surface area contributed by atoms with Gasteiger partial charge in [-0.1, -0.05) is 12.1 Å². The number of carbonyl (C=O) groups excluding carboxylic acids is 1. The van der Waals surface area contributed by atoms with Crippen molar-refractivity contribution >= 4 is 27.6 Å². The highest BCUT2D eigenvalue weighted by atomic mass is 32.2. The third-order valence-electron chi connectivity index (χ3n) is 3.45. The first-order valence-corrected chi connectivity index (χ1v) is 8.67. The zero-order valence-electron chi connectivity index (χ0n) is 13.9. The van der Waals surface area contributed by atoms with E-state index in [1.807, 2.05) is 0 Å². The molecule has 1 aromatic rings. The number of hydrogen-bond acceptors (Lipinski definition) is 6. The third kappa shape index (κ3) is 4.73. The Hall–Kier alpha value is -2.53. The highest BCUT2D eigenvalue weighted by molar-refractivity contribution is 7.89. The topological polar surface area (TPSA) is 147 Å². The van der Waals surface area contributed by atoms with E-state index in [0.29, 0.717) is 4.31 Å². The molecule has 0 spiro atoms. The summed E-state index contributed by atoms with van der Waals surface area (Å²) >= 11 is 0. The average Bonchev–Trinajstić information content (AvgIpc) is 2.49. The smallest absolute Gasteiger partial charge is 0.321 e. The second kappa shape index (κ2) is 8.03. The molecular formula is C14H19N3O7S. The van der Waals surface area contributed by atoms with Crippen molar-refractivity contribution in [2.24, 2.45) is 0 Å². The van der Waals surface area contributed by atoms with Gasteiger partial charge in [0.15, 0.2) is 4.90 Å². The summed E-state index contributed by atoms with van der Waals surface area (Å²) in [5, 5.41) is 22.8. The SMILES string of the molecule is CC(=O)NCCN(C(C)C(=O)O)S(=O)(=O)c1c(C)cccc1[N+](=O)[O-]. The molecule has 138 valence electrons. The van der Waals surface area contributed by atoms with E-state index in [4.69, 9.17) is 0 Å². The number of hydrogen-bond donors (Lipinski definition) is 2. The molecule has 0 bridgehead atoms. The van der Waals surface area contributed by atoms with Crippen LogP contribution >= 0.6 is 0 Å². The van der Waals surface area contributed by atoms with Gasteiger partial charge in [-0.15, -0.1) is 0 Å². The summed E-state index contributed by atoms with van der Waals surface area (Å²) < 4.78 is 26.5. The lowest BCUT2D eigenvalue weighted by Crippen LogP contribution is -2.46. The lowest BCUT2D eigenvalue weighted by atomic mass is 10.2. The zero-order chi connectivity index (χ0) is 19.4. The van der Waals surface area contributed by atoms with Crippen LogP contribution in [-0.4, -0.2) is 53.8 Å². The van der Waals surface area contributed by atoms with Gasteiger partial charge in [-0.2, -0.15) is 4.31 Å². The molecule has 1 rings (SSSR count). The van der Waals surface area contributed by atoms with E-state index in [9.17, 15) is 33.2 Å². The van der Waals surface area contributed by atoms with Crippen LogP contribution in [0.2, 0.25) is 0 Å². The van der Waals surface area contributed by atoms with Crippen molar-refractivity contribution in [3.05, 3.63) is 33.9 Å². The van der Waals surface area contributed by atoms with Crippen molar-refractivity contribution in [3.8, 4) is 0 Å². The molecule has 0 saturated carbocycles. The van der Waals surface area contributed by atoms with Gasteiger partial charge < -0.3 is 10.4 Å². The molecule has 0 aliphatic carbocycles. The summed E-state index contributed by atoms with van der Waals surface area (Å²) in [4.78, 5) is 32.1. The highest BCUT2D eigenvalue weighted by Crippen LogP contribution is 2.30. The fourth-order valence-electron chi connectivity index (χ4n) is 2.22. The lowest BCUT2D eigenvalue weighted by Gasteiger charge is -2.26. The third-order valence-corrected chi connectivity index (χ3v) is 5.61. The Balaban J connectivity index is 3.44. The number of carbonyl (C=O) groups is 2. The van der Waals surface area contributed by atoms with Gasteiger partial charge in [-0.05, 0) is 19.4 Å². The molecule has 1 aromatic carbocycles. The number of benzene rings is 1. The van der Waals surface area contributed by atoms with Crippen LogP contribution in [0.15, 0.2) is 23.1 Å². The number of sulfonamides is 1. The number of nitro benzene ring substituents is 1. The molecule has 11 heteroatoms. The van der Waals surface area contributed by atoms with Crippen molar-refractivity contribution < 1.29 is 28.0 Å². The van der Waals surface area contributed by atoms with E-state index in [1.165, 1.54) is 26.0 Å². The summed E-state index contributed by atoms with van der Waals surface area (Å²) in [6.07, 6.45) is 0. The molecule has 0 saturated heterocycles. The largest absolute Gasteiger partial charge is 0.480 e. The Labute approximate surface area is 144 Å². The molecule has 0 aliphatic heterocycles. The molecule has 2 N–H and O–H groups in total. The van der Waals surface area contributed by atoms with Crippen LogP contribution in [-0.2, 0) is 19.6 Å². The maximum atomic E-state index is 12.9. The van der Waals surface area contributed by atoms with Gasteiger partial charge in [0.05, 0.1) is 4.92 Å². The van der Waals surface area contributed by atoms with E-state index >= 15 is 0 Å². The fraction of sp³-hybridized carbons (Fsp3) is 0.429. The van der Waals surface area contributed by atoms with Crippen molar-refractivity contribution in [1.82, 2.24) is 9.62 Å². The average molecular weight is 373 g/mol. The number of aryl methyl sites for hydroxylation is 1. The van der Waals surface area contributed by atoms with E-state index in [0.717, 1.165) is 13.0 Å². The van der Waals surface area contributed by atoms with Crippen LogP contribution in [0, 0.1) is 17.0 Å². The van der Waals surface area contributed by atoms with E-state index in [1.54, 1.807) is 0 Å².